The molecule has 4 aromatic rings. The molecule has 0 aliphatic carbocycles. The molecule has 1 unspecified atom stereocenters. The number of aromatic hydroxyl groups is 1. The monoisotopic (exact) mass is 486 g/mol. The minimum atomic E-state index is -2.20. The van der Waals surface area contributed by atoms with Gasteiger partial charge >= 0.3 is 0 Å². The van der Waals surface area contributed by atoms with Gasteiger partial charge in [0.15, 0.2) is 5.13 Å². The molecule has 1 atom stereocenters. The van der Waals surface area contributed by atoms with Crippen molar-refractivity contribution in [3.8, 4) is 11.4 Å². The zero-order chi connectivity index (χ0) is 23.6. The van der Waals surface area contributed by atoms with E-state index < -0.39 is 11.1 Å². The third-order valence-corrected chi connectivity index (χ3v) is 5.78. The number of hydrogen-bond donors (Lipinski definition) is 2. The van der Waals surface area contributed by atoms with E-state index >= 15 is 0 Å². The molecule has 1 aliphatic heterocycles. The second-order valence-corrected chi connectivity index (χ2v) is 8.60. The van der Waals surface area contributed by atoms with Crippen LogP contribution in [0.2, 0.25) is 0 Å². The lowest BCUT2D eigenvalue weighted by Gasteiger charge is -2.16. The maximum Gasteiger partial charge on any atom is 0.227 e. The van der Waals surface area contributed by atoms with E-state index in [0.717, 1.165) is 24.3 Å². The lowest BCUT2D eigenvalue weighted by atomic mass is 10.3. The SMILES string of the molecule is Nc1nccs1.O=C1CCCN1c1ccc(S(=O)[O-])cc1.Oc1ccc(-n2ccnc2)cc1.[HH]. The van der Waals surface area contributed by atoms with Gasteiger partial charge in [0.1, 0.15) is 5.75 Å². The Labute approximate surface area is 198 Å². The van der Waals surface area contributed by atoms with Crippen molar-refractivity contribution in [2.24, 2.45) is 0 Å². The molecule has 2 aromatic heterocycles. The molecule has 1 amide bonds. The first-order valence-electron chi connectivity index (χ1n) is 9.86. The van der Waals surface area contributed by atoms with Gasteiger partial charge in [0.05, 0.1) is 6.33 Å². The molecule has 9 nitrogen and oxygen atoms in total. The van der Waals surface area contributed by atoms with Crippen LogP contribution in [0.3, 0.4) is 0 Å². The Morgan fingerprint density at radius 3 is 2.24 bits per heavy atom. The first kappa shape index (κ1) is 24.1. The summed E-state index contributed by atoms with van der Waals surface area (Å²) >= 11 is -0.756. The lowest BCUT2D eigenvalue weighted by Crippen LogP contribution is -2.23. The molecule has 5 rings (SSSR count). The molecule has 3 heterocycles. The van der Waals surface area contributed by atoms with E-state index in [9.17, 15) is 13.6 Å². The Bertz CT molecular complexity index is 1160. The number of hydrogen-bond acceptors (Lipinski definition) is 8. The zero-order valence-electron chi connectivity index (χ0n) is 17.5. The van der Waals surface area contributed by atoms with E-state index in [1.165, 1.54) is 23.5 Å². The number of thiazole rings is 1. The van der Waals surface area contributed by atoms with Crippen LogP contribution in [0, 0.1) is 0 Å². The number of rotatable bonds is 3. The van der Waals surface area contributed by atoms with E-state index in [4.69, 9.17) is 10.8 Å². The van der Waals surface area contributed by atoms with Crippen LogP contribution >= 0.6 is 11.3 Å². The zero-order valence-corrected chi connectivity index (χ0v) is 19.1. The second kappa shape index (κ2) is 11.9. The van der Waals surface area contributed by atoms with Crippen LogP contribution in [-0.2, 0) is 15.9 Å². The van der Waals surface area contributed by atoms with Gasteiger partial charge in [-0.3, -0.25) is 9.00 Å². The summed E-state index contributed by atoms with van der Waals surface area (Å²) in [6.45, 7) is 0.721. The van der Waals surface area contributed by atoms with Crippen molar-refractivity contribution in [2.75, 3.05) is 17.2 Å². The van der Waals surface area contributed by atoms with Crippen molar-refractivity contribution in [1.29, 1.82) is 0 Å². The van der Waals surface area contributed by atoms with Crippen LogP contribution in [0.15, 0.2) is 83.7 Å². The number of carbonyl (C=O) groups excluding carboxylic acids is 1. The van der Waals surface area contributed by atoms with E-state index in [1.54, 1.807) is 47.9 Å². The minimum absolute atomic E-state index is 0. The maximum absolute atomic E-state index is 11.4. The average molecular weight is 487 g/mol. The van der Waals surface area contributed by atoms with E-state index in [2.05, 4.69) is 9.97 Å². The number of anilines is 2. The van der Waals surface area contributed by atoms with Crippen molar-refractivity contribution < 1.29 is 20.1 Å². The molecule has 0 saturated carbocycles. The van der Waals surface area contributed by atoms with Crippen molar-refractivity contribution in [2.45, 2.75) is 17.7 Å². The van der Waals surface area contributed by atoms with Crippen molar-refractivity contribution >= 4 is 39.1 Å². The van der Waals surface area contributed by atoms with Crippen molar-refractivity contribution in [1.82, 2.24) is 14.5 Å². The number of nitrogen functional groups attached to an aromatic ring is 1. The Hall–Kier alpha value is -3.54. The highest BCUT2D eigenvalue weighted by molar-refractivity contribution is 7.79. The number of imidazole rings is 1. The molecule has 0 radical (unpaired) electrons. The molecule has 33 heavy (non-hydrogen) atoms. The van der Waals surface area contributed by atoms with Gasteiger partial charge in [-0.05, 0) is 66.0 Å². The third kappa shape index (κ3) is 7.24. The second-order valence-electron chi connectivity index (χ2n) is 6.73. The topological polar surface area (TPSA) is 137 Å². The highest BCUT2D eigenvalue weighted by Gasteiger charge is 2.21. The fourth-order valence-electron chi connectivity index (χ4n) is 2.93. The normalized spacial score (nSPS) is 13.5. The first-order chi connectivity index (χ1) is 15.9. The summed E-state index contributed by atoms with van der Waals surface area (Å²) in [6.07, 6.45) is 8.41. The smallest absolute Gasteiger partial charge is 0.227 e. The average Bonchev–Trinajstić information content (AvgIpc) is 3.59. The predicted molar refractivity (Wildman–Crippen MR) is 129 cm³/mol. The highest BCUT2D eigenvalue weighted by atomic mass is 32.2. The standard InChI is InChI=1S/C10H11NO3S.C9H8N2O.C3H4N2S.H2/c12-10-2-1-7-11(10)8-3-5-9(6-4-8)15(13)14;12-9-3-1-8(2-4-9)11-6-5-10-7-11;4-3-5-1-2-6-3;/h3-6H,1-2,7H2,(H,13,14);1-7,12H;1-2H,(H2,4,5);1H/p-1. The number of benzene rings is 2. The molecule has 0 bridgehead atoms. The number of amides is 1. The molecule has 11 heteroatoms. The summed E-state index contributed by atoms with van der Waals surface area (Å²) in [6, 6.07) is 13.3. The number of aromatic nitrogens is 3. The largest absolute Gasteiger partial charge is 0.768 e. The Morgan fingerprint density at radius 2 is 1.79 bits per heavy atom. The fraction of sp³-hybridized carbons (Fsp3) is 0.136. The van der Waals surface area contributed by atoms with Gasteiger partial charge in [0.2, 0.25) is 5.91 Å². The summed E-state index contributed by atoms with van der Waals surface area (Å²) in [5, 5.41) is 11.5. The molecule has 1 saturated heterocycles. The van der Waals surface area contributed by atoms with Crippen molar-refractivity contribution in [3.63, 3.8) is 0 Å². The molecular weight excluding hydrogens is 462 g/mol. The number of phenols is 1. The van der Waals surface area contributed by atoms with Gasteiger partial charge in [-0.15, -0.1) is 11.3 Å². The lowest BCUT2D eigenvalue weighted by molar-refractivity contribution is -0.117. The summed E-state index contributed by atoms with van der Waals surface area (Å²) in [7, 11) is 0. The molecule has 1 aliphatic rings. The highest BCUT2D eigenvalue weighted by Crippen LogP contribution is 2.22. The van der Waals surface area contributed by atoms with Crippen molar-refractivity contribution in [3.05, 3.63) is 78.8 Å². The van der Waals surface area contributed by atoms with Crippen LogP contribution in [0.5, 0.6) is 5.75 Å². The Morgan fingerprint density at radius 1 is 1.09 bits per heavy atom. The summed E-state index contributed by atoms with van der Waals surface area (Å²) in [5.74, 6) is 0.380. The van der Waals surface area contributed by atoms with Crippen LogP contribution in [-0.4, -0.2) is 40.9 Å². The van der Waals surface area contributed by atoms with Gasteiger partial charge in [0, 0.05) is 54.6 Å². The van der Waals surface area contributed by atoms with Gasteiger partial charge in [0.25, 0.3) is 0 Å². The molecule has 2 aromatic carbocycles. The number of carbonyl (C=O) groups is 1. The van der Waals surface area contributed by atoms with E-state index in [0.29, 0.717) is 11.6 Å². The molecule has 3 N–H and O–H groups in total. The fourth-order valence-corrected chi connectivity index (χ4v) is 3.67. The summed E-state index contributed by atoms with van der Waals surface area (Å²) in [4.78, 5) is 21.0. The number of phenolic OH excluding ortho intramolecular Hbond substituents is 1. The van der Waals surface area contributed by atoms with Crippen LogP contribution in [0.25, 0.3) is 5.69 Å². The molecule has 0 spiro atoms. The van der Waals surface area contributed by atoms with E-state index in [1.807, 2.05) is 28.3 Å². The van der Waals surface area contributed by atoms with Crippen LogP contribution in [0.1, 0.15) is 14.3 Å². The van der Waals surface area contributed by atoms with Gasteiger partial charge in [-0.25, -0.2) is 9.97 Å². The Balaban J connectivity index is 0.000000192. The van der Waals surface area contributed by atoms with Crippen LogP contribution < -0.4 is 10.6 Å². The third-order valence-electron chi connectivity index (χ3n) is 4.52. The van der Waals surface area contributed by atoms with Gasteiger partial charge < -0.3 is 24.9 Å². The maximum atomic E-state index is 11.4. The Kier molecular flexibility index (Phi) is 8.70. The quantitative estimate of drug-likeness (QED) is 0.422. The van der Waals surface area contributed by atoms with E-state index in [-0.39, 0.29) is 18.0 Å². The minimum Gasteiger partial charge on any atom is -0.768 e. The van der Waals surface area contributed by atoms with Gasteiger partial charge in [-0.2, -0.15) is 0 Å². The molecule has 1 fully saturated rings. The summed E-state index contributed by atoms with van der Waals surface area (Å²) in [5.41, 5.74) is 6.95. The number of nitrogens with two attached hydrogens (primary N) is 1. The first-order valence-corrected chi connectivity index (χ1v) is 11.8. The molecular formula is C22H24N5O4S2-. The van der Waals surface area contributed by atoms with Gasteiger partial charge in [-0.1, -0.05) is 0 Å². The number of nitrogens with zero attached hydrogens (tertiary/aromatic N) is 4. The van der Waals surface area contributed by atoms with Crippen LogP contribution in [0.4, 0.5) is 10.8 Å². The molecule has 174 valence electrons. The predicted octanol–water partition coefficient (Wildman–Crippen LogP) is 3.60. The summed E-state index contributed by atoms with van der Waals surface area (Å²) < 4.78 is 23.1.